The minimum absolute atomic E-state index is 0.435. The maximum atomic E-state index is 12.2. The molecule has 0 spiro atoms. The van der Waals surface area contributed by atoms with Crippen molar-refractivity contribution in [3.8, 4) is 0 Å². The molecule has 0 amide bonds. The lowest BCUT2D eigenvalue weighted by Crippen LogP contribution is -2.07. The molecule has 2 unspecified atom stereocenters. The van der Waals surface area contributed by atoms with Crippen molar-refractivity contribution >= 4 is 31.0 Å². The molecule has 0 bridgehead atoms. The second-order valence-electron chi connectivity index (χ2n) is 5.64. The number of benzene rings is 2. The van der Waals surface area contributed by atoms with E-state index in [4.69, 9.17) is 11.5 Å². The zero-order chi connectivity index (χ0) is 17.4. The average molecular weight is 365 g/mol. The van der Waals surface area contributed by atoms with Gasteiger partial charge < -0.3 is 11.5 Å². The van der Waals surface area contributed by atoms with Crippen LogP contribution >= 0.6 is 0 Å². The summed E-state index contributed by atoms with van der Waals surface area (Å²) in [5.74, 6) is 0.439. The van der Waals surface area contributed by atoms with Crippen molar-refractivity contribution in [2.45, 2.75) is 37.0 Å². The summed E-state index contributed by atoms with van der Waals surface area (Å²) in [6, 6.07) is 14.8. The molecule has 2 aromatic carbocycles. The molecule has 2 aromatic rings. The number of aryl methyl sites for hydroxylation is 1. The third-order valence-electron chi connectivity index (χ3n) is 3.83. The van der Waals surface area contributed by atoms with Crippen LogP contribution in [0.25, 0.3) is 0 Å². The van der Waals surface area contributed by atoms with Crippen LogP contribution in [0.4, 0.5) is 11.4 Å². The van der Waals surface area contributed by atoms with Gasteiger partial charge in [-0.3, -0.25) is 0 Å². The summed E-state index contributed by atoms with van der Waals surface area (Å²) < 4.78 is 24.4. The molecule has 0 aromatic heterocycles. The van der Waals surface area contributed by atoms with E-state index in [0.29, 0.717) is 16.3 Å². The van der Waals surface area contributed by atoms with Crippen molar-refractivity contribution in [1.82, 2.24) is 0 Å². The summed E-state index contributed by atoms with van der Waals surface area (Å²) in [7, 11) is -2.95. The number of anilines is 2. The minimum Gasteiger partial charge on any atom is -0.399 e. The third-order valence-corrected chi connectivity index (χ3v) is 7.57. The predicted molar refractivity (Wildman–Crippen MR) is 103 cm³/mol. The fourth-order valence-electron chi connectivity index (χ4n) is 2.46. The van der Waals surface area contributed by atoms with Gasteiger partial charge in [-0.15, -0.1) is 0 Å². The number of hydrogen-bond donors (Lipinski definition) is 2. The number of hydrogen-bond acceptors (Lipinski definition) is 4. The summed E-state index contributed by atoms with van der Waals surface area (Å²) in [5.41, 5.74) is 14.2. The van der Waals surface area contributed by atoms with Gasteiger partial charge in [0.05, 0.1) is 4.90 Å². The fraction of sp³-hybridized carbons (Fsp3) is 0.333. The Bertz CT molecular complexity index is 720. The van der Waals surface area contributed by atoms with Crippen molar-refractivity contribution in [1.29, 1.82) is 0 Å². The van der Waals surface area contributed by atoms with E-state index >= 15 is 0 Å². The largest absolute Gasteiger partial charge is 0.399 e. The minimum atomic E-state index is -1.55. The fourth-order valence-corrected chi connectivity index (χ4v) is 5.56. The number of unbranched alkanes of at least 4 members (excludes halogenated alkanes) is 3. The maximum absolute atomic E-state index is 12.2. The lowest BCUT2D eigenvalue weighted by Gasteiger charge is -2.06. The van der Waals surface area contributed by atoms with E-state index < -0.39 is 19.7 Å². The molecule has 6 heteroatoms. The predicted octanol–water partition coefficient (Wildman–Crippen LogP) is 3.43. The van der Waals surface area contributed by atoms with Gasteiger partial charge in [-0.2, -0.15) is 0 Å². The molecule has 0 fully saturated rings. The van der Waals surface area contributed by atoms with Crippen LogP contribution in [0.2, 0.25) is 0 Å². The van der Waals surface area contributed by atoms with E-state index in [9.17, 15) is 8.42 Å². The van der Waals surface area contributed by atoms with Crippen LogP contribution < -0.4 is 11.5 Å². The van der Waals surface area contributed by atoms with Crippen molar-refractivity contribution in [2.24, 2.45) is 0 Å². The molecule has 0 saturated heterocycles. The van der Waals surface area contributed by atoms with E-state index in [-0.39, 0.29) is 0 Å². The first kappa shape index (κ1) is 18.7. The Morgan fingerprint density at radius 3 is 2.08 bits per heavy atom. The van der Waals surface area contributed by atoms with Gasteiger partial charge in [-0.1, -0.05) is 43.2 Å². The second-order valence-corrected chi connectivity index (χ2v) is 9.59. The van der Waals surface area contributed by atoms with E-state index in [1.807, 2.05) is 18.2 Å². The summed E-state index contributed by atoms with van der Waals surface area (Å²) >= 11 is 0. The first-order chi connectivity index (χ1) is 11.6. The molecule has 0 aliphatic heterocycles. The zero-order valence-corrected chi connectivity index (χ0v) is 15.3. The molecule has 0 aliphatic carbocycles. The van der Waals surface area contributed by atoms with Gasteiger partial charge in [-0.25, -0.2) is 8.42 Å². The quantitative estimate of drug-likeness (QED) is 0.405. The van der Waals surface area contributed by atoms with E-state index in [0.717, 1.165) is 37.8 Å². The highest BCUT2D eigenvalue weighted by molar-refractivity contribution is 8.61. The summed E-state index contributed by atoms with van der Waals surface area (Å²) in [4.78, 5) is 0.468. The molecule has 24 heavy (non-hydrogen) atoms. The zero-order valence-electron chi connectivity index (χ0n) is 13.6. The van der Waals surface area contributed by atoms with E-state index in [1.165, 1.54) is 5.56 Å². The molecular weight excluding hydrogens is 340 g/mol. The Hall–Kier alpha value is -1.66. The van der Waals surface area contributed by atoms with E-state index in [2.05, 4.69) is 6.07 Å². The molecule has 2 atom stereocenters. The van der Waals surface area contributed by atoms with Crippen LogP contribution in [-0.4, -0.2) is 14.2 Å². The summed E-state index contributed by atoms with van der Waals surface area (Å²) in [5, 5.41) is 0. The van der Waals surface area contributed by atoms with E-state index in [1.54, 1.807) is 24.3 Å². The van der Waals surface area contributed by atoms with Crippen LogP contribution in [0.3, 0.4) is 0 Å². The van der Waals surface area contributed by atoms with Crippen LogP contribution in [0.1, 0.15) is 31.2 Å². The molecule has 2 rings (SSSR count). The van der Waals surface area contributed by atoms with Crippen molar-refractivity contribution in [3.05, 3.63) is 54.1 Å². The van der Waals surface area contributed by atoms with Gasteiger partial charge in [0.25, 0.3) is 0 Å². The normalized spacial score (nSPS) is 13.5. The summed E-state index contributed by atoms with van der Waals surface area (Å²) in [6.45, 7) is 0. The van der Waals surface area contributed by atoms with Crippen molar-refractivity contribution in [2.75, 3.05) is 17.2 Å². The number of para-hydroxylation sites is 2. The van der Waals surface area contributed by atoms with Gasteiger partial charge in [0.15, 0.2) is 0 Å². The van der Waals surface area contributed by atoms with Crippen molar-refractivity contribution < 1.29 is 8.42 Å². The highest BCUT2D eigenvalue weighted by Crippen LogP contribution is 2.19. The summed E-state index contributed by atoms with van der Waals surface area (Å²) in [6.07, 6.45) is 4.83. The highest BCUT2D eigenvalue weighted by Gasteiger charge is 2.14. The molecule has 0 aliphatic rings. The Labute approximate surface area is 148 Å². The van der Waals surface area contributed by atoms with Gasteiger partial charge in [0, 0.05) is 17.1 Å². The number of nitrogens with two attached hydrogens (primary N) is 2. The molecular formula is C18H24N2O2S2. The Morgan fingerprint density at radius 1 is 0.750 bits per heavy atom. The third kappa shape index (κ3) is 5.46. The Morgan fingerprint density at radius 2 is 1.38 bits per heavy atom. The molecule has 130 valence electrons. The lowest BCUT2D eigenvalue weighted by atomic mass is 10.0. The molecule has 0 saturated carbocycles. The molecule has 4 N–H and O–H groups in total. The molecule has 0 radical (unpaired) electrons. The first-order valence-electron chi connectivity index (χ1n) is 8.08. The van der Waals surface area contributed by atoms with Crippen LogP contribution in [0.15, 0.2) is 53.4 Å². The van der Waals surface area contributed by atoms with Crippen molar-refractivity contribution in [3.63, 3.8) is 0 Å². The number of nitrogen functional groups attached to an aromatic ring is 2. The van der Waals surface area contributed by atoms with Crippen LogP contribution in [0.5, 0.6) is 0 Å². The number of rotatable bonds is 9. The van der Waals surface area contributed by atoms with Crippen LogP contribution in [-0.2, 0) is 26.1 Å². The Balaban J connectivity index is 1.67. The van der Waals surface area contributed by atoms with Gasteiger partial charge in [0.2, 0.25) is 0 Å². The van der Waals surface area contributed by atoms with Crippen LogP contribution in [0, 0.1) is 0 Å². The molecule has 4 nitrogen and oxygen atoms in total. The topological polar surface area (TPSA) is 86.2 Å². The van der Waals surface area contributed by atoms with Gasteiger partial charge >= 0.3 is 0 Å². The lowest BCUT2D eigenvalue weighted by molar-refractivity contribution is 0.656. The maximum Gasteiger partial charge on any atom is 0.145 e. The smallest absolute Gasteiger partial charge is 0.145 e. The highest BCUT2D eigenvalue weighted by atomic mass is 33.1. The SMILES string of the molecule is Nc1ccccc1CCCCCCS(=O)S(=O)c1ccccc1N. The first-order valence-corrected chi connectivity index (χ1v) is 11.1. The van der Waals surface area contributed by atoms with Gasteiger partial charge in [-0.05, 0) is 43.0 Å². The van der Waals surface area contributed by atoms with Gasteiger partial charge in [0.1, 0.15) is 19.7 Å². The molecule has 0 heterocycles. The second kappa shape index (κ2) is 9.59. The standard InChI is InChI=1S/C18H24N2O2S2/c19-16-11-5-4-10-15(16)9-3-1-2-8-14-23(21)24(22)18-13-7-6-12-17(18)20/h4-7,10-13H,1-3,8-9,14,19-20H2. The monoisotopic (exact) mass is 364 g/mol. The Kier molecular flexibility index (Phi) is 7.46. The average Bonchev–Trinajstić information content (AvgIpc) is 2.59.